The molecule has 0 amide bonds. The van der Waals surface area contributed by atoms with Gasteiger partial charge in [0.2, 0.25) is 0 Å². The van der Waals surface area contributed by atoms with Gasteiger partial charge in [-0.15, -0.1) is 0 Å². The Morgan fingerprint density at radius 3 is 3.00 bits per heavy atom. The van der Waals surface area contributed by atoms with Crippen LogP contribution in [-0.4, -0.2) is 18.1 Å². The number of fused-ring (bicyclic) bond motifs is 1. The van der Waals surface area contributed by atoms with E-state index in [1.165, 1.54) is 0 Å². The minimum absolute atomic E-state index is 0.488. The topological polar surface area (TPSA) is 51.4 Å². The largest absolute Gasteiger partial charge is 0.491 e. The van der Waals surface area contributed by atoms with Gasteiger partial charge in [0.05, 0.1) is 12.3 Å². The van der Waals surface area contributed by atoms with Gasteiger partial charge < -0.3 is 15.4 Å². The normalized spacial score (nSPS) is 14.4. The van der Waals surface area contributed by atoms with Gasteiger partial charge in [-0.25, -0.2) is 0 Å². The Balaban J connectivity index is 2.12. The average Bonchev–Trinajstić information content (AvgIpc) is 2.69. The lowest BCUT2D eigenvalue weighted by Gasteiger charge is -2.26. The molecule has 0 saturated carbocycles. The highest BCUT2D eigenvalue weighted by molar-refractivity contribution is 5.71. The molecule has 0 spiro atoms. The minimum Gasteiger partial charge on any atom is -0.491 e. The van der Waals surface area contributed by atoms with Crippen LogP contribution in [0.3, 0.4) is 0 Å². The number of hydrogen-bond acceptors (Lipinski definition) is 4. The molecule has 1 aromatic heterocycles. The number of aryl methyl sites for hydroxylation is 1. The van der Waals surface area contributed by atoms with E-state index in [0.29, 0.717) is 6.54 Å². The minimum atomic E-state index is 0.488. The van der Waals surface area contributed by atoms with E-state index < -0.39 is 0 Å². The standard InChI is InChI=1S/C16H19N3O/c1-12-9-15(13(10-17)11-18-12)19-7-4-8-20-16-6-3-2-5-14(16)19/h2-3,5-6,9,11H,4,7-8,10,17H2,1H3. The highest BCUT2D eigenvalue weighted by Crippen LogP contribution is 2.37. The van der Waals surface area contributed by atoms with Gasteiger partial charge in [0.1, 0.15) is 5.75 Å². The predicted octanol–water partition coefficient (Wildman–Crippen LogP) is 2.77. The molecule has 2 N–H and O–H groups in total. The van der Waals surface area contributed by atoms with Crippen molar-refractivity contribution in [3.05, 3.63) is 47.8 Å². The fourth-order valence-corrected chi connectivity index (χ4v) is 2.56. The number of nitrogens with zero attached hydrogens (tertiary/aromatic N) is 2. The van der Waals surface area contributed by atoms with E-state index in [-0.39, 0.29) is 0 Å². The zero-order chi connectivity index (χ0) is 13.9. The Kier molecular flexibility index (Phi) is 3.56. The van der Waals surface area contributed by atoms with E-state index in [1.807, 2.05) is 31.3 Å². The van der Waals surface area contributed by atoms with Crippen molar-refractivity contribution < 1.29 is 4.74 Å². The zero-order valence-corrected chi connectivity index (χ0v) is 11.7. The smallest absolute Gasteiger partial charge is 0.142 e. The maximum atomic E-state index is 5.87. The number of nitrogens with two attached hydrogens (primary N) is 1. The molecule has 0 bridgehead atoms. The van der Waals surface area contributed by atoms with Crippen LogP contribution in [0.15, 0.2) is 36.5 Å². The van der Waals surface area contributed by atoms with E-state index in [0.717, 1.165) is 48.0 Å². The molecule has 20 heavy (non-hydrogen) atoms. The summed E-state index contributed by atoms with van der Waals surface area (Å²) in [4.78, 5) is 6.64. The summed E-state index contributed by atoms with van der Waals surface area (Å²) in [5, 5.41) is 0. The Morgan fingerprint density at radius 2 is 2.15 bits per heavy atom. The summed E-state index contributed by atoms with van der Waals surface area (Å²) in [6, 6.07) is 10.3. The molecule has 1 aliphatic rings. The summed E-state index contributed by atoms with van der Waals surface area (Å²) >= 11 is 0. The summed E-state index contributed by atoms with van der Waals surface area (Å²) in [5.74, 6) is 0.933. The number of ether oxygens (including phenoxy) is 1. The Hall–Kier alpha value is -2.07. The highest BCUT2D eigenvalue weighted by Gasteiger charge is 2.19. The lowest BCUT2D eigenvalue weighted by molar-refractivity contribution is 0.322. The molecule has 104 valence electrons. The van der Waals surface area contributed by atoms with Gasteiger partial charge in [-0.05, 0) is 31.5 Å². The van der Waals surface area contributed by atoms with Crippen LogP contribution in [0.25, 0.3) is 0 Å². The van der Waals surface area contributed by atoms with Gasteiger partial charge in [0.15, 0.2) is 0 Å². The molecule has 0 aliphatic carbocycles. The highest BCUT2D eigenvalue weighted by atomic mass is 16.5. The summed E-state index contributed by atoms with van der Waals surface area (Å²) in [6.45, 7) is 4.16. The second-order valence-electron chi connectivity index (χ2n) is 4.98. The molecule has 0 unspecified atom stereocenters. The maximum absolute atomic E-state index is 5.87. The molecule has 1 aromatic carbocycles. The first-order valence-electron chi connectivity index (χ1n) is 6.94. The van der Waals surface area contributed by atoms with Crippen molar-refractivity contribution in [1.29, 1.82) is 0 Å². The molecule has 4 nitrogen and oxygen atoms in total. The first-order chi connectivity index (χ1) is 9.79. The second-order valence-corrected chi connectivity index (χ2v) is 4.98. The van der Waals surface area contributed by atoms with Crippen molar-refractivity contribution in [1.82, 2.24) is 4.98 Å². The van der Waals surface area contributed by atoms with E-state index in [4.69, 9.17) is 10.5 Å². The third-order valence-electron chi connectivity index (χ3n) is 3.55. The van der Waals surface area contributed by atoms with Gasteiger partial charge in [0.25, 0.3) is 0 Å². The van der Waals surface area contributed by atoms with E-state index in [2.05, 4.69) is 22.0 Å². The Bertz CT molecular complexity index is 612. The molecule has 4 heteroatoms. The monoisotopic (exact) mass is 269 g/mol. The molecule has 0 radical (unpaired) electrons. The van der Waals surface area contributed by atoms with Crippen molar-refractivity contribution in [3.8, 4) is 5.75 Å². The third kappa shape index (κ3) is 2.34. The molecule has 0 atom stereocenters. The SMILES string of the molecule is Cc1cc(N2CCCOc3ccccc32)c(CN)cn1. The average molecular weight is 269 g/mol. The van der Waals surface area contributed by atoms with Gasteiger partial charge >= 0.3 is 0 Å². The zero-order valence-electron chi connectivity index (χ0n) is 11.7. The van der Waals surface area contributed by atoms with Crippen LogP contribution in [0.1, 0.15) is 17.7 Å². The van der Waals surface area contributed by atoms with Crippen LogP contribution in [0.4, 0.5) is 11.4 Å². The molecule has 0 saturated heterocycles. The summed E-state index contributed by atoms with van der Waals surface area (Å²) in [5.41, 5.74) is 10.2. The van der Waals surface area contributed by atoms with Gasteiger partial charge in [-0.1, -0.05) is 12.1 Å². The van der Waals surface area contributed by atoms with Crippen LogP contribution in [-0.2, 0) is 6.54 Å². The lowest BCUT2D eigenvalue weighted by atomic mass is 10.1. The number of anilines is 2. The van der Waals surface area contributed by atoms with Crippen molar-refractivity contribution in [2.45, 2.75) is 19.9 Å². The predicted molar refractivity (Wildman–Crippen MR) is 80.4 cm³/mol. The Labute approximate surface area is 119 Å². The van der Waals surface area contributed by atoms with Crippen molar-refractivity contribution in [2.75, 3.05) is 18.1 Å². The number of para-hydroxylation sites is 2. The number of aromatic nitrogens is 1. The second kappa shape index (κ2) is 5.51. The quantitative estimate of drug-likeness (QED) is 0.910. The van der Waals surface area contributed by atoms with Gasteiger partial charge in [-0.3, -0.25) is 4.98 Å². The lowest BCUT2D eigenvalue weighted by Crippen LogP contribution is -2.20. The first kappa shape index (κ1) is 12.9. The summed E-state index contributed by atoms with van der Waals surface area (Å²) < 4.78 is 5.82. The summed E-state index contributed by atoms with van der Waals surface area (Å²) in [6.07, 6.45) is 2.86. The first-order valence-corrected chi connectivity index (χ1v) is 6.94. The fourth-order valence-electron chi connectivity index (χ4n) is 2.56. The fraction of sp³-hybridized carbons (Fsp3) is 0.312. The van der Waals surface area contributed by atoms with E-state index >= 15 is 0 Å². The maximum Gasteiger partial charge on any atom is 0.142 e. The Morgan fingerprint density at radius 1 is 1.30 bits per heavy atom. The van der Waals surface area contributed by atoms with Crippen molar-refractivity contribution >= 4 is 11.4 Å². The number of pyridine rings is 1. The molecule has 0 fully saturated rings. The van der Waals surface area contributed by atoms with Crippen LogP contribution in [0.2, 0.25) is 0 Å². The molecule has 1 aliphatic heterocycles. The van der Waals surface area contributed by atoms with Crippen LogP contribution < -0.4 is 15.4 Å². The molecule has 3 rings (SSSR count). The molecular formula is C16H19N3O. The number of rotatable bonds is 2. The molecular weight excluding hydrogens is 250 g/mol. The van der Waals surface area contributed by atoms with E-state index in [9.17, 15) is 0 Å². The van der Waals surface area contributed by atoms with E-state index in [1.54, 1.807) is 0 Å². The van der Waals surface area contributed by atoms with Crippen LogP contribution in [0.5, 0.6) is 5.75 Å². The van der Waals surface area contributed by atoms with Crippen LogP contribution in [0, 0.1) is 6.92 Å². The number of benzene rings is 1. The molecule has 2 aromatic rings. The number of hydrogen-bond donors (Lipinski definition) is 1. The summed E-state index contributed by atoms with van der Waals surface area (Å²) in [7, 11) is 0. The van der Waals surface area contributed by atoms with Gasteiger partial charge in [0, 0.05) is 36.2 Å². The van der Waals surface area contributed by atoms with Crippen molar-refractivity contribution in [3.63, 3.8) is 0 Å². The molecule has 2 heterocycles. The van der Waals surface area contributed by atoms with Crippen molar-refractivity contribution in [2.24, 2.45) is 5.73 Å². The third-order valence-corrected chi connectivity index (χ3v) is 3.55. The van der Waals surface area contributed by atoms with Gasteiger partial charge in [-0.2, -0.15) is 0 Å². The van der Waals surface area contributed by atoms with Crippen LogP contribution >= 0.6 is 0 Å².